The summed E-state index contributed by atoms with van der Waals surface area (Å²) >= 11 is 0. The zero-order valence-electron chi connectivity index (χ0n) is 13.1. The smallest absolute Gasteiger partial charge is 0.108 e. The van der Waals surface area contributed by atoms with Gasteiger partial charge in [0, 0.05) is 12.5 Å². The molecule has 0 N–H and O–H groups in total. The maximum Gasteiger partial charge on any atom is 0.108 e. The normalized spacial score (nSPS) is 28.0. The lowest BCUT2D eigenvalue weighted by molar-refractivity contribution is -0.0580. The van der Waals surface area contributed by atoms with Gasteiger partial charge in [0.15, 0.2) is 0 Å². The molecule has 2 aliphatic rings. The summed E-state index contributed by atoms with van der Waals surface area (Å²) in [5.41, 5.74) is 4.13. The molecule has 1 unspecified atom stereocenters. The van der Waals surface area contributed by atoms with Gasteiger partial charge >= 0.3 is 0 Å². The number of benzene rings is 2. The van der Waals surface area contributed by atoms with E-state index in [4.69, 9.17) is 4.74 Å². The number of rotatable bonds is 2. The fourth-order valence-electron chi connectivity index (χ4n) is 3.98. The van der Waals surface area contributed by atoms with Crippen molar-refractivity contribution in [2.45, 2.75) is 31.5 Å². The van der Waals surface area contributed by atoms with Gasteiger partial charge in [-0.2, -0.15) is 0 Å². The molecule has 2 aliphatic heterocycles. The molecule has 0 radical (unpaired) electrons. The Labute approximate surface area is 132 Å². The third kappa shape index (κ3) is 2.37. The van der Waals surface area contributed by atoms with Crippen LogP contribution in [0.3, 0.4) is 0 Å². The van der Waals surface area contributed by atoms with E-state index in [0.29, 0.717) is 12.0 Å². The summed E-state index contributed by atoms with van der Waals surface area (Å²) in [5.74, 6) is 0.555. The minimum Gasteiger partial charge on any atom is -0.364 e. The average Bonchev–Trinajstić information content (AvgIpc) is 2.61. The Balaban J connectivity index is 1.74. The highest BCUT2D eigenvalue weighted by Crippen LogP contribution is 2.44. The molecular formula is C20H23NO. The van der Waals surface area contributed by atoms with E-state index in [0.717, 1.165) is 13.1 Å². The first-order valence-corrected chi connectivity index (χ1v) is 8.38. The lowest BCUT2D eigenvalue weighted by Gasteiger charge is -2.44. The zero-order chi connectivity index (χ0) is 14.9. The molecule has 3 atom stereocenters. The summed E-state index contributed by atoms with van der Waals surface area (Å²) in [4.78, 5) is 2.51. The highest BCUT2D eigenvalue weighted by molar-refractivity contribution is 5.41. The van der Waals surface area contributed by atoms with Gasteiger partial charge in [-0.05, 0) is 36.2 Å². The first kappa shape index (κ1) is 14.0. The monoisotopic (exact) mass is 293 g/mol. The second kappa shape index (κ2) is 5.86. The maximum atomic E-state index is 6.59. The van der Waals surface area contributed by atoms with Crippen LogP contribution in [0.5, 0.6) is 0 Å². The van der Waals surface area contributed by atoms with Gasteiger partial charge < -0.3 is 9.64 Å². The molecule has 0 aliphatic carbocycles. The molecular weight excluding hydrogens is 270 g/mol. The SMILES string of the molecule is CCN1CC[C@H]2c3ccccc3C(c3ccccc3)O[C@H]2C1. The number of likely N-dealkylation sites (tertiary alicyclic amines) is 1. The van der Waals surface area contributed by atoms with E-state index < -0.39 is 0 Å². The van der Waals surface area contributed by atoms with Crippen LogP contribution >= 0.6 is 0 Å². The Bertz CT molecular complexity index is 639. The predicted octanol–water partition coefficient (Wildman–Crippen LogP) is 3.98. The molecule has 0 saturated carbocycles. The van der Waals surface area contributed by atoms with Crippen LogP contribution in [0.4, 0.5) is 0 Å². The van der Waals surface area contributed by atoms with Gasteiger partial charge in [-0.25, -0.2) is 0 Å². The fourth-order valence-corrected chi connectivity index (χ4v) is 3.98. The van der Waals surface area contributed by atoms with E-state index in [1.807, 2.05) is 0 Å². The quantitative estimate of drug-likeness (QED) is 0.830. The number of nitrogens with zero attached hydrogens (tertiary/aromatic N) is 1. The number of hydrogen-bond donors (Lipinski definition) is 0. The average molecular weight is 293 g/mol. The van der Waals surface area contributed by atoms with Crippen molar-refractivity contribution in [1.82, 2.24) is 4.90 Å². The lowest BCUT2D eigenvalue weighted by atomic mass is 9.79. The standard InChI is InChI=1S/C20H23NO/c1-2-21-13-12-17-16-10-6-7-11-18(16)20(22-19(17)14-21)15-8-4-3-5-9-15/h3-11,17,19-20H,2,12-14H2,1H3/t17-,19-,20?/m0/s1. The van der Waals surface area contributed by atoms with Crippen LogP contribution in [-0.2, 0) is 4.74 Å². The molecule has 0 aromatic heterocycles. The summed E-state index contributed by atoms with van der Waals surface area (Å²) in [6.07, 6.45) is 1.60. The number of ether oxygens (including phenoxy) is 1. The Morgan fingerprint density at radius 1 is 1.00 bits per heavy atom. The predicted molar refractivity (Wildman–Crippen MR) is 89.1 cm³/mol. The molecule has 0 amide bonds. The Hall–Kier alpha value is -1.64. The van der Waals surface area contributed by atoms with Crippen molar-refractivity contribution in [2.24, 2.45) is 0 Å². The van der Waals surface area contributed by atoms with Crippen molar-refractivity contribution in [3.63, 3.8) is 0 Å². The Morgan fingerprint density at radius 2 is 1.73 bits per heavy atom. The van der Waals surface area contributed by atoms with Gasteiger partial charge in [0.25, 0.3) is 0 Å². The van der Waals surface area contributed by atoms with Crippen molar-refractivity contribution >= 4 is 0 Å². The molecule has 2 aromatic rings. The fraction of sp³-hybridized carbons (Fsp3) is 0.400. The van der Waals surface area contributed by atoms with Crippen LogP contribution in [0.1, 0.15) is 42.1 Å². The maximum absolute atomic E-state index is 6.59. The van der Waals surface area contributed by atoms with E-state index in [1.165, 1.54) is 29.7 Å². The molecule has 114 valence electrons. The van der Waals surface area contributed by atoms with Crippen LogP contribution in [0.15, 0.2) is 54.6 Å². The molecule has 4 rings (SSSR count). The summed E-state index contributed by atoms with van der Waals surface area (Å²) in [7, 11) is 0. The molecule has 2 aromatic carbocycles. The topological polar surface area (TPSA) is 12.5 Å². The van der Waals surface area contributed by atoms with Gasteiger partial charge in [0.2, 0.25) is 0 Å². The summed E-state index contributed by atoms with van der Waals surface area (Å²) in [6.45, 7) is 5.60. The minimum absolute atomic E-state index is 0.0791. The molecule has 1 saturated heterocycles. The molecule has 2 heterocycles. The number of fused-ring (bicyclic) bond motifs is 3. The van der Waals surface area contributed by atoms with Crippen LogP contribution in [-0.4, -0.2) is 30.6 Å². The van der Waals surface area contributed by atoms with Gasteiger partial charge in [-0.15, -0.1) is 0 Å². The van der Waals surface area contributed by atoms with Crippen LogP contribution in [0, 0.1) is 0 Å². The number of hydrogen-bond acceptors (Lipinski definition) is 2. The van der Waals surface area contributed by atoms with Gasteiger partial charge in [0.05, 0.1) is 6.10 Å². The second-order valence-electron chi connectivity index (χ2n) is 6.38. The van der Waals surface area contributed by atoms with E-state index >= 15 is 0 Å². The molecule has 2 heteroatoms. The van der Waals surface area contributed by atoms with Crippen molar-refractivity contribution in [1.29, 1.82) is 0 Å². The van der Waals surface area contributed by atoms with Crippen molar-refractivity contribution < 1.29 is 4.74 Å². The summed E-state index contributed by atoms with van der Waals surface area (Å²) in [5, 5.41) is 0. The third-order valence-electron chi connectivity index (χ3n) is 5.18. The largest absolute Gasteiger partial charge is 0.364 e. The molecule has 1 fully saturated rings. The number of likely N-dealkylation sites (N-methyl/N-ethyl adjacent to an activating group) is 1. The van der Waals surface area contributed by atoms with E-state index in [-0.39, 0.29) is 6.10 Å². The molecule has 0 bridgehead atoms. The number of piperidine rings is 1. The summed E-state index contributed by atoms with van der Waals surface area (Å²) in [6, 6.07) is 19.5. The zero-order valence-corrected chi connectivity index (χ0v) is 13.1. The van der Waals surface area contributed by atoms with Gasteiger partial charge in [-0.3, -0.25) is 0 Å². The molecule has 22 heavy (non-hydrogen) atoms. The van der Waals surface area contributed by atoms with E-state index in [2.05, 4.69) is 66.4 Å². The van der Waals surface area contributed by atoms with Gasteiger partial charge in [-0.1, -0.05) is 61.5 Å². The van der Waals surface area contributed by atoms with Crippen LogP contribution in [0.2, 0.25) is 0 Å². The van der Waals surface area contributed by atoms with Crippen molar-refractivity contribution in [2.75, 3.05) is 19.6 Å². The third-order valence-corrected chi connectivity index (χ3v) is 5.18. The first-order chi connectivity index (χ1) is 10.9. The molecule has 0 spiro atoms. The Morgan fingerprint density at radius 3 is 2.50 bits per heavy atom. The van der Waals surface area contributed by atoms with Gasteiger partial charge in [0.1, 0.15) is 6.10 Å². The highest BCUT2D eigenvalue weighted by atomic mass is 16.5. The highest BCUT2D eigenvalue weighted by Gasteiger charge is 2.39. The van der Waals surface area contributed by atoms with E-state index in [1.54, 1.807) is 0 Å². The van der Waals surface area contributed by atoms with Crippen molar-refractivity contribution in [3.05, 3.63) is 71.3 Å². The molecule has 2 nitrogen and oxygen atoms in total. The first-order valence-electron chi connectivity index (χ1n) is 8.38. The Kier molecular flexibility index (Phi) is 3.73. The minimum atomic E-state index is 0.0791. The summed E-state index contributed by atoms with van der Waals surface area (Å²) < 4.78 is 6.59. The van der Waals surface area contributed by atoms with Crippen molar-refractivity contribution in [3.8, 4) is 0 Å². The van der Waals surface area contributed by atoms with Crippen LogP contribution < -0.4 is 0 Å². The van der Waals surface area contributed by atoms with Crippen LogP contribution in [0.25, 0.3) is 0 Å². The second-order valence-corrected chi connectivity index (χ2v) is 6.38. The lowest BCUT2D eigenvalue weighted by Crippen LogP contribution is -2.46. The van der Waals surface area contributed by atoms with E-state index in [9.17, 15) is 0 Å².